The molecule has 0 radical (unpaired) electrons. The molecule has 176 valence electrons. The fourth-order valence-corrected chi connectivity index (χ4v) is 3.50. The zero-order valence-electron chi connectivity index (χ0n) is 14.4. The highest BCUT2D eigenvalue weighted by Crippen LogP contribution is 2.59. The van der Waals surface area contributed by atoms with Crippen molar-refractivity contribution in [3.63, 3.8) is 0 Å². The summed E-state index contributed by atoms with van der Waals surface area (Å²) in [6, 6.07) is 1.32. The van der Waals surface area contributed by atoms with Gasteiger partial charge in [-0.1, -0.05) is 11.8 Å². The van der Waals surface area contributed by atoms with Gasteiger partial charge in [-0.2, -0.15) is 39.5 Å². The number of nitro benzene ring substituents is 2. The lowest BCUT2D eigenvalue weighted by Gasteiger charge is -2.31. The Labute approximate surface area is 172 Å². The number of amidine groups is 1. The van der Waals surface area contributed by atoms with Gasteiger partial charge in [0.2, 0.25) is 5.83 Å². The molecule has 1 aliphatic heterocycles. The lowest BCUT2D eigenvalue weighted by molar-refractivity contribution is -0.393. The van der Waals surface area contributed by atoms with Crippen LogP contribution < -0.4 is 5.32 Å². The van der Waals surface area contributed by atoms with Crippen molar-refractivity contribution in [2.24, 2.45) is 4.99 Å². The van der Waals surface area contributed by atoms with Crippen LogP contribution in [0.5, 0.6) is 0 Å². The third-order valence-corrected chi connectivity index (χ3v) is 4.76. The van der Waals surface area contributed by atoms with Gasteiger partial charge in [-0.3, -0.25) is 20.2 Å². The fourth-order valence-electron chi connectivity index (χ4n) is 2.33. The van der Waals surface area contributed by atoms with E-state index in [0.717, 1.165) is 0 Å². The number of thioether (sulfide) groups is 1. The van der Waals surface area contributed by atoms with Gasteiger partial charge in [0.25, 0.3) is 16.9 Å². The lowest BCUT2D eigenvalue weighted by atomic mass is 9.97. The maximum Gasteiger partial charge on any atom is 0.443 e. The predicted molar refractivity (Wildman–Crippen MR) is 87.4 cm³/mol. The second kappa shape index (κ2) is 7.78. The Bertz CT molecular complexity index is 1020. The number of benzene rings is 1. The minimum atomic E-state index is -6.61. The smallest absolute Gasteiger partial charge is 0.329 e. The number of halogens is 10. The van der Waals surface area contributed by atoms with Gasteiger partial charge in [0.15, 0.2) is 5.17 Å². The van der Waals surface area contributed by atoms with Crippen LogP contribution in [0.2, 0.25) is 0 Å². The molecule has 1 N–H and O–H groups in total. The molecule has 0 atom stereocenters. The summed E-state index contributed by atoms with van der Waals surface area (Å²) >= 11 is -1.04. The Morgan fingerprint density at radius 3 is 1.91 bits per heavy atom. The van der Waals surface area contributed by atoms with Gasteiger partial charge in [-0.15, -0.1) is 0 Å². The van der Waals surface area contributed by atoms with Crippen LogP contribution in [0, 0.1) is 20.2 Å². The maximum absolute atomic E-state index is 13.7. The first-order valence-electron chi connectivity index (χ1n) is 7.41. The molecule has 1 aromatic carbocycles. The van der Waals surface area contributed by atoms with Crippen LogP contribution in [-0.2, 0) is 0 Å². The van der Waals surface area contributed by atoms with Crippen LogP contribution in [0.4, 0.5) is 61.0 Å². The summed E-state index contributed by atoms with van der Waals surface area (Å²) in [4.78, 5) is 18.6. The van der Waals surface area contributed by atoms with E-state index in [0.29, 0.717) is 12.1 Å². The van der Waals surface area contributed by atoms with Crippen molar-refractivity contribution < 1.29 is 53.8 Å². The number of alkyl halides is 9. The van der Waals surface area contributed by atoms with E-state index in [1.165, 1.54) is 0 Å². The number of anilines is 1. The van der Waals surface area contributed by atoms with Crippen LogP contribution in [0.1, 0.15) is 0 Å². The number of nitro groups is 2. The Morgan fingerprint density at radius 2 is 1.50 bits per heavy atom. The summed E-state index contributed by atoms with van der Waals surface area (Å²) in [7, 11) is 0. The number of nitrogens with zero attached hydrogens (tertiary/aromatic N) is 3. The second-order valence-electron chi connectivity index (χ2n) is 5.71. The Hall–Kier alpha value is -3.12. The largest absolute Gasteiger partial charge is 0.443 e. The number of aliphatic imine (C=N–C) groups is 1. The van der Waals surface area contributed by atoms with Crippen molar-refractivity contribution in [3.8, 4) is 0 Å². The SMILES string of the molecule is O=[N+]([O-])c1ccc(NC2=NC(C(F)(F)F)(C(F)(F)F)C(=C(F)C(F)(F)F)S2)c([N+](=O)[O-])c1. The molecular weight excluding hydrogens is 498 g/mol. The van der Waals surface area contributed by atoms with E-state index in [4.69, 9.17) is 0 Å². The topological polar surface area (TPSA) is 111 Å². The van der Waals surface area contributed by atoms with Crippen LogP contribution in [-0.4, -0.2) is 39.1 Å². The minimum Gasteiger partial charge on any atom is -0.329 e. The fraction of sp³-hybridized carbons (Fsp3) is 0.308. The van der Waals surface area contributed by atoms with Gasteiger partial charge >= 0.3 is 18.5 Å². The maximum atomic E-state index is 13.7. The minimum absolute atomic E-state index is 0.274. The highest BCUT2D eigenvalue weighted by Gasteiger charge is 2.77. The van der Waals surface area contributed by atoms with Crippen LogP contribution in [0.25, 0.3) is 0 Å². The van der Waals surface area contributed by atoms with Crippen molar-refractivity contribution in [3.05, 3.63) is 49.2 Å². The molecule has 0 amide bonds. The summed E-state index contributed by atoms with van der Waals surface area (Å²) in [5.74, 6) is -3.73. The van der Waals surface area contributed by atoms with Gasteiger partial charge in [-0.05, 0) is 6.07 Å². The molecule has 0 aliphatic carbocycles. The summed E-state index contributed by atoms with van der Waals surface area (Å²) in [6.07, 6.45) is -19.5. The molecule has 8 nitrogen and oxygen atoms in total. The predicted octanol–water partition coefficient (Wildman–Crippen LogP) is 5.62. The monoisotopic (exact) mass is 502 g/mol. The normalized spacial score (nSPS) is 18.2. The average molecular weight is 502 g/mol. The van der Waals surface area contributed by atoms with Gasteiger partial charge in [0, 0.05) is 6.07 Å². The molecule has 0 saturated carbocycles. The molecular formula is C13H4F10N4O4S. The van der Waals surface area contributed by atoms with Gasteiger partial charge in [0.05, 0.1) is 20.8 Å². The van der Waals surface area contributed by atoms with Crippen molar-refractivity contribution >= 4 is 34.0 Å². The zero-order chi connectivity index (χ0) is 24.9. The molecule has 1 heterocycles. The highest BCUT2D eigenvalue weighted by atomic mass is 32.2. The third kappa shape index (κ3) is 4.28. The number of hydrogen-bond donors (Lipinski definition) is 1. The Morgan fingerprint density at radius 1 is 0.969 bits per heavy atom. The third-order valence-electron chi connectivity index (χ3n) is 3.70. The first kappa shape index (κ1) is 25.1. The summed E-state index contributed by atoms with van der Waals surface area (Å²) in [5.41, 5.74) is -8.76. The number of nitrogens with one attached hydrogen (secondary N) is 1. The van der Waals surface area contributed by atoms with Gasteiger partial charge < -0.3 is 5.32 Å². The molecule has 19 heteroatoms. The van der Waals surface area contributed by atoms with E-state index in [-0.39, 0.29) is 6.07 Å². The molecule has 1 aliphatic rings. The van der Waals surface area contributed by atoms with Crippen LogP contribution in [0.3, 0.4) is 0 Å². The van der Waals surface area contributed by atoms with Crippen molar-refractivity contribution in [1.82, 2.24) is 0 Å². The zero-order valence-corrected chi connectivity index (χ0v) is 15.2. The van der Waals surface area contributed by atoms with Crippen molar-refractivity contribution in [2.45, 2.75) is 24.1 Å². The number of allylic oxidation sites excluding steroid dienone is 1. The van der Waals surface area contributed by atoms with E-state index in [2.05, 4.69) is 4.99 Å². The quantitative estimate of drug-likeness (QED) is 0.326. The van der Waals surface area contributed by atoms with Crippen molar-refractivity contribution in [1.29, 1.82) is 0 Å². The highest BCUT2D eigenvalue weighted by molar-refractivity contribution is 8.17. The van der Waals surface area contributed by atoms with E-state index < -0.39 is 78.6 Å². The first-order valence-corrected chi connectivity index (χ1v) is 8.23. The van der Waals surface area contributed by atoms with Gasteiger partial charge in [-0.25, -0.2) is 9.38 Å². The van der Waals surface area contributed by atoms with E-state index >= 15 is 0 Å². The molecule has 0 unspecified atom stereocenters. The van der Waals surface area contributed by atoms with E-state index in [1.807, 2.05) is 0 Å². The average Bonchev–Trinajstić information content (AvgIpc) is 3.00. The van der Waals surface area contributed by atoms with Gasteiger partial charge in [0.1, 0.15) is 5.69 Å². The molecule has 0 aromatic heterocycles. The van der Waals surface area contributed by atoms with Crippen LogP contribution in [0.15, 0.2) is 33.9 Å². The standard InChI is InChI=1S/C13H4F10N4O4S/c14-7(11(15,16)17)8-10(12(18,19)20,13(21,22)23)25-9(32-8)24-5-2-1-4(26(28)29)3-6(5)27(30)31/h1-3H,(H,24,25). The second-order valence-corrected chi connectivity index (χ2v) is 6.71. The molecule has 0 spiro atoms. The molecule has 0 saturated heterocycles. The van der Waals surface area contributed by atoms with Crippen LogP contribution >= 0.6 is 11.8 Å². The lowest BCUT2D eigenvalue weighted by Crippen LogP contribution is -2.55. The molecule has 1 aromatic rings. The molecule has 2 rings (SSSR count). The Kier molecular flexibility index (Phi) is 6.11. The Balaban J connectivity index is 2.73. The van der Waals surface area contributed by atoms with E-state index in [1.54, 1.807) is 5.32 Å². The number of non-ortho nitro benzene ring substituents is 1. The first-order chi connectivity index (χ1) is 14.3. The molecule has 32 heavy (non-hydrogen) atoms. The summed E-state index contributed by atoms with van der Waals surface area (Å²) in [5, 5.41) is 21.7. The number of hydrogen-bond acceptors (Lipinski definition) is 7. The summed E-state index contributed by atoms with van der Waals surface area (Å²) < 4.78 is 132. The molecule has 0 bridgehead atoms. The summed E-state index contributed by atoms with van der Waals surface area (Å²) in [6.45, 7) is 0. The van der Waals surface area contributed by atoms with Crippen molar-refractivity contribution in [2.75, 3.05) is 5.32 Å². The number of rotatable bonds is 3. The molecule has 0 fully saturated rings. The van der Waals surface area contributed by atoms with E-state index in [9.17, 15) is 64.1 Å².